The Labute approximate surface area is 194 Å². The molecule has 2 aliphatic heterocycles. The molecule has 1 atom stereocenters. The van der Waals surface area contributed by atoms with Crippen molar-refractivity contribution in [2.75, 3.05) is 33.4 Å². The summed E-state index contributed by atoms with van der Waals surface area (Å²) in [4.78, 5) is 23.2. The molecule has 0 bridgehead atoms. The summed E-state index contributed by atoms with van der Waals surface area (Å²) < 4.78 is 48.5. The molecule has 2 saturated heterocycles. The van der Waals surface area contributed by atoms with E-state index in [1.165, 1.54) is 11.8 Å². The lowest BCUT2D eigenvalue weighted by molar-refractivity contribution is -0.192. The fourth-order valence-electron chi connectivity index (χ4n) is 4.01. The first-order valence-electron chi connectivity index (χ1n) is 10.7. The molecule has 11 heteroatoms. The highest BCUT2D eigenvalue weighted by Crippen LogP contribution is 2.37. The van der Waals surface area contributed by atoms with Crippen LogP contribution in [0, 0.1) is 5.92 Å². The van der Waals surface area contributed by atoms with Gasteiger partial charge in [0.1, 0.15) is 5.75 Å². The third-order valence-corrected chi connectivity index (χ3v) is 5.78. The number of methoxy groups -OCH3 is 1. The van der Waals surface area contributed by atoms with Crippen LogP contribution >= 0.6 is 0 Å². The molecule has 1 aromatic heterocycles. The number of carbonyl (C=O) groups is 2. The van der Waals surface area contributed by atoms with E-state index in [2.05, 4.69) is 16.3 Å². The summed E-state index contributed by atoms with van der Waals surface area (Å²) in [6.45, 7) is 4.12. The zero-order valence-electron chi connectivity index (χ0n) is 18.6. The highest BCUT2D eigenvalue weighted by Gasteiger charge is 2.46. The third-order valence-electron chi connectivity index (χ3n) is 5.78. The predicted molar refractivity (Wildman–Crippen MR) is 114 cm³/mol. The number of rotatable bonds is 6. The Morgan fingerprint density at radius 1 is 1.24 bits per heavy atom. The van der Waals surface area contributed by atoms with E-state index in [0.717, 1.165) is 38.2 Å². The summed E-state index contributed by atoms with van der Waals surface area (Å²) in [6.07, 6.45) is -1.46. The topological polar surface area (TPSA) is 101 Å². The molecular formula is C23H27F3N2O6. The molecule has 4 rings (SSSR count). The summed E-state index contributed by atoms with van der Waals surface area (Å²) in [5.74, 6) is -1.26. The number of amides is 1. The number of hydrogen-bond acceptors (Lipinski definition) is 6. The van der Waals surface area contributed by atoms with E-state index in [1.807, 2.05) is 18.2 Å². The maximum atomic E-state index is 11.9. The van der Waals surface area contributed by atoms with Crippen molar-refractivity contribution >= 4 is 11.9 Å². The van der Waals surface area contributed by atoms with Crippen molar-refractivity contribution in [3.63, 3.8) is 0 Å². The van der Waals surface area contributed by atoms with Gasteiger partial charge in [0.15, 0.2) is 5.76 Å². The zero-order chi connectivity index (χ0) is 24.8. The maximum absolute atomic E-state index is 11.9. The van der Waals surface area contributed by atoms with Crippen molar-refractivity contribution in [1.82, 2.24) is 10.2 Å². The Balaban J connectivity index is 0.000000406. The molecule has 8 nitrogen and oxygen atoms in total. The Bertz CT molecular complexity index is 948. The van der Waals surface area contributed by atoms with Gasteiger partial charge in [0.25, 0.3) is 5.91 Å². The lowest BCUT2D eigenvalue weighted by Crippen LogP contribution is -2.64. The van der Waals surface area contributed by atoms with Gasteiger partial charge in [-0.25, -0.2) is 4.79 Å². The summed E-state index contributed by atoms with van der Waals surface area (Å²) in [6, 6.07) is 11.6. The Hall–Kier alpha value is -3.05. The van der Waals surface area contributed by atoms with E-state index < -0.39 is 12.1 Å². The molecule has 0 radical (unpaired) electrons. The Morgan fingerprint density at radius 3 is 2.50 bits per heavy atom. The van der Waals surface area contributed by atoms with E-state index in [4.69, 9.17) is 23.8 Å². The number of carbonyl (C=O) groups excluding carboxylic acids is 1. The van der Waals surface area contributed by atoms with Crippen molar-refractivity contribution in [2.24, 2.45) is 5.92 Å². The average Bonchev–Trinajstić information content (AvgIpc) is 3.32. The smallest absolute Gasteiger partial charge is 0.490 e. The number of hydrogen-bond donors (Lipinski definition) is 2. The predicted octanol–water partition coefficient (Wildman–Crippen LogP) is 3.33. The van der Waals surface area contributed by atoms with Crippen LogP contribution in [0.1, 0.15) is 29.0 Å². The van der Waals surface area contributed by atoms with Crippen molar-refractivity contribution in [3.8, 4) is 5.75 Å². The second kappa shape index (κ2) is 10.9. The van der Waals surface area contributed by atoms with Crippen LogP contribution in [0.5, 0.6) is 5.75 Å². The van der Waals surface area contributed by atoms with Crippen molar-refractivity contribution in [2.45, 2.75) is 31.2 Å². The largest absolute Gasteiger partial charge is 0.496 e. The number of halogens is 3. The molecule has 2 aliphatic rings. The SMILES string of the molecule is COc1ccccc1CN1CC2(CCC(CNC(=O)c3ccco3)CO2)C1.O=C(O)C(F)(F)F. The molecule has 2 aromatic rings. The number of furan rings is 1. The van der Waals surface area contributed by atoms with Crippen LogP contribution in [0.4, 0.5) is 13.2 Å². The van der Waals surface area contributed by atoms with Gasteiger partial charge in [-0.15, -0.1) is 0 Å². The molecule has 1 unspecified atom stereocenters. The van der Waals surface area contributed by atoms with Gasteiger partial charge in [0.05, 0.1) is 25.6 Å². The molecule has 2 N–H and O–H groups in total. The van der Waals surface area contributed by atoms with Gasteiger partial charge in [0.2, 0.25) is 0 Å². The number of alkyl halides is 3. The quantitative estimate of drug-likeness (QED) is 0.649. The number of aliphatic carboxylic acids is 1. The monoisotopic (exact) mass is 484 g/mol. The molecule has 34 heavy (non-hydrogen) atoms. The number of carboxylic acids is 1. The number of para-hydroxylation sites is 1. The summed E-state index contributed by atoms with van der Waals surface area (Å²) in [5.41, 5.74) is 1.20. The first kappa shape index (κ1) is 25.6. The molecule has 1 aromatic carbocycles. The molecule has 3 heterocycles. The van der Waals surface area contributed by atoms with Crippen LogP contribution in [0.25, 0.3) is 0 Å². The van der Waals surface area contributed by atoms with E-state index >= 15 is 0 Å². The summed E-state index contributed by atoms with van der Waals surface area (Å²) >= 11 is 0. The first-order chi connectivity index (χ1) is 16.1. The normalized spacial score (nSPS) is 19.5. The molecule has 1 amide bonds. The Kier molecular flexibility index (Phi) is 8.21. The molecule has 1 spiro atoms. The average molecular weight is 484 g/mol. The fraction of sp³-hybridized carbons (Fsp3) is 0.478. The number of nitrogens with one attached hydrogen (secondary N) is 1. The van der Waals surface area contributed by atoms with Gasteiger partial charge >= 0.3 is 12.1 Å². The Morgan fingerprint density at radius 2 is 1.94 bits per heavy atom. The van der Waals surface area contributed by atoms with Gasteiger partial charge in [-0.3, -0.25) is 9.69 Å². The molecular weight excluding hydrogens is 457 g/mol. The second-order valence-electron chi connectivity index (χ2n) is 8.35. The minimum absolute atomic E-state index is 0.0104. The number of benzene rings is 1. The summed E-state index contributed by atoms with van der Waals surface area (Å²) in [7, 11) is 1.71. The standard InChI is InChI=1S/C21H26N2O4.C2HF3O2/c1-25-18-6-3-2-5-17(18)12-23-14-21(15-23)9-8-16(13-27-21)11-22-20(24)19-7-4-10-26-19;3-2(4,5)1(6)7/h2-7,10,16H,8-9,11-15H2,1H3,(H,22,24);(H,6,7). The number of nitrogens with zero attached hydrogens (tertiary/aromatic N) is 1. The molecule has 0 aliphatic carbocycles. The van der Waals surface area contributed by atoms with Crippen LogP contribution in [0.2, 0.25) is 0 Å². The molecule has 2 fully saturated rings. The minimum atomic E-state index is -5.08. The van der Waals surface area contributed by atoms with E-state index in [1.54, 1.807) is 19.2 Å². The van der Waals surface area contributed by atoms with E-state index in [-0.39, 0.29) is 11.5 Å². The van der Waals surface area contributed by atoms with Crippen molar-refractivity contribution in [1.29, 1.82) is 0 Å². The van der Waals surface area contributed by atoms with Gasteiger partial charge in [-0.1, -0.05) is 18.2 Å². The van der Waals surface area contributed by atoms with Gasteiger partial charge in [0, 0.05) is 31.7 Å². The fourth-order valence-corrected chi connectivity index (χ4v) is 4.01. The van der Waals surface area contributed by atoms with Crippen LogP contribution < -0.4 is 10.1 Å². The second-order valence-corrected chi connectivity index (χ2v) is 8.35. The highest BCUT2D eigenvalue weighted by molar-refractivity contribution is 5.91. The van der Waals surface area contributed by atoms with Gasteiger partial charge < -0.3 is 24.3 Å². The van der Waals surface area contributed by atoms with Gasteiger partial charge in [-0.05, 0) is 37.0 Å². The van der Waals surface area contributed by atoms with Crippen LogP contribution in [-0.4, -0.2) is 67.0 Å². The van der Waals surface area contributed by atoms with Gasteiger partial charge in [-0.2, -0.15) is 13.2 Å². The lowest BCUT2D eigenvalue weighted by Gasteiger charge is -2.53. The summed E-state index contributed by atoms with van der Waals surface area (Å²) in [5, 5.41) is 10.1. The number of likely N-dealkylation sites (tertiary alicyclic amines) is 1. The molecule has 186 valence electrons. The number of carboxylic acid groups (broad SMARTS) is 1. The first-order valence-corrected chi connectivity index (χ1v) is 10.7. The maximum Gasteiger partial charge on any atom is 0.490 e. The van der Waals surface area contributed by atoms with Crippen LogP contribution in [0.15, 0.2) is 47.1 Å². The van der Waals surface area contributed by atoms with Crippen LogP contribution in [-0.2, 0) is 16.1 Å². The number of ether oxygens (including phenoxy) is 2. The highest BCUT2D eigenvalue weighted by atomic mass is 19.4. The van der Waals surface area contributed by atoms with Crippen molar-refractivity contribution in [3.05, 3.63) is 54.0 Å². The van der Waals surface area contributed by atoms with Crippen molar-refractivity contribution < 1.29 is 41.8 Å². The van der Waals surface area contributed by atoms with Crippen LogP contribution in [0.3, 0.4) is 0 Å². The molecule has 0 saturated carbocycles. The zero-order valence-corrected chi connectivity index (χ0v) is 18.6. The third kappa shape index (κ3) is 6.73. The lowest BCUT2D eigenvalue weighted by atomic mass is 9.82. The van der Waals surface area contributed by atoms with E-state index in [9.17, 15) is 18.0 Å². The van der Waals surface area contributed by atoms with E-state index in [0.29, 0.717) is 24.8 Å². The minimum Gasteiger partial charge on any atom is -0.496 e.